The molecule has 1 N–H and O–H groups in total. The van der Waals surface area contributed by atoms with Gasteiger partial charge in [-0.3, -0.25) is 4.55 Å². The van der Waals surface area contributed by atoms with Gasteiger partial charge in [-0.25, -0.2) is 0 Å². The molecule has 0 aliphatic carbocycles. The van der Waals surface area contributed by atoms with E-state index in [9.17, 15) is 8.42 Å². The van der Waals surface area contributed by atoms with Crippen molar-refractivity contribution in [2.24, 2.45) is 7.05 Å². The quantitative estimate of drug-likeness (QED) is 0.291. The minimum Gasteiger partial charge on any atom is -0.286 e. The minimum absolute atomic E-state index is 0.216. The van der Waals surface area contributed by atoms with Crippen molar-refractivity contribution in [3.63, 3.8) is 0 Å². The Bertz CT molecular complexity index is 1250. The van der Waals surface area contributed by atoms with Gasteiger partial charge in [0.1, 0.15) is 0 Å². The number of hydrogen-bond donors (Lipinski definition) is 1. The summed E-state index contributed by atoms with van der Waals surface area (Å²) in [6.07, 6.45) is 9.26. The zero-order valence-electron chi connectivity index (χ0n) is 17.9. The molecule has 1 atom stereocenters. The Morgan fingerprint density at radius 1 is 1.41 bits per heavy atom. The van der Waals surface area contributed by atoms with Crippen LogP contribution in [0.1, 0.15) is 30.2 Å². The van der Waals surface area contributed by atoms with Crippen LogP contribution < -0.4 is 13.2 Å². The van der Waals surface area contributed by atoms with Gasteiger partial charge in [-0.2, -0.15) is 8.42 Å². The predicted octanol–water partition coefficient (Wildman–Crippen LogP) is 4.53. The van der Waals surface area contributed by atoms with Crippen molar-refractivity contribution in [1.29, 1.82) is 0 Å². The summed E-state index contributed by atoms with van der Waals surface area (Å²) in [6.45, 7) is 4.87. The van der Waals surface area contributed by atoms with Crippen molar-refractivity contribution in [1.82, 2.24) is 0 Å². The van der Waals surface area contributed by atoms with E-state index in [1.165, 1.54) is 13.6 Å². The van der Waals surface area contributed by atoms with E-state index in [4.69, 9.17) is 16.2 Å². The smallest absolute Gasteiger partial charge is 0.286 e. The SMILES string of the molecule is CC(=Cc1sc2c([n+]1C)[Te]C(C)C=C2)C=C1Sc2ccc(Cl)cc2N1CCCS(=O)(=O)O. The van der Waals surface area contributed by atoms with Crippen LogP contribution in [0.15, 0.2) is 45.8 Å². The average Bonchev–Trinajstić information content (AvgIpc) is 3.18. The molecule has 1 aromatic carbocycles. The summed E-state index contributed by atoms with van der Waals surface area (Å²) >= 11 is 9.49. The van der Waals surface area contributed by atoms with Gasteiger partial charge in [0.2, 0.25) is 0 Å². The van der Waals surface area contributed by atoms with Crippen molar-refractivity contribution in [2.45, 2.75) is 29.1 Å². The van der Waals surface area contributed by atoms with E-state index in [0.29, 0.717) is 22.0 Å². The third-order valence-corrected chi connectivity index (χ3v) is 12.3. The third-order valence-electron chi connectivity index (χ3n) is 5.06. The number of aromatic nitrogens is 1. The van der Waals surface area contributed by atoms with Crippen molar-refractivity contribution in [3.8, 4) is 0 Å². The maximum atomic E-state index is 11.2. The fourth-order valence-corrected chi connectivity index (χ4v) is 10.0. The molecule has 0 fully saturated rings. The molecule has 32 heavy (non-hydrogen) atoms. The molecule has 0 spiro atoms. The number of hydrogen-bond acceptors (Lipinski definition) is 5. The van der Waals surface area contributed by atoms with Gasteiger partial charge in [-0.1, -0.05) is 0 Å². The zero-order valence-corrected chi connectivity index (χ0v) is 23.4. The number of allylic oxidation sites excluding steroid dienone is 3. The number of rotatable bonds is 6. The molecule has 1 unspecified atom stereocenters. The van der Waals surface area contributed by atoms with Crippen LogP contribution in [0.3, 0.4) is 0 Å². The van der Waals surface area contributed by atoms with Gasteiger partial charge in [0, 0.05) is 0 Å². The Balaban J connectivity index is 1.62. The number of thioether (sulfide) groups is 1. The summed E-state index contributed by atoms with van der Waals surface area (Å²) < 4.78 is 36.0. The second-order valence-corrected chi connectivity index (χ2v) is 15.8. The van der Waals surface area contributed by atoms with Gasteiger partial charge in [0.05, 0.1) is 0 Å². The Morgan fingerprint density at radius 2 is 2.19 bits per heavy atom. The van der Waals surface area contributed by atoms with E-state index in [0.717, 1.165) is 21.2 Å². The summed E-state index contributed by atoms with van der Waals surface area (Å²) in [6, 6.07) is 5.76. The Kier molecular flexibility index (Phi) is 7.48. The predicted molar refractivity (Wildman–Crippen MR) is 137 cm³/mol. The molecule has 1 aromatic heterocycles. The van der Waals surface area contributed by atoms with Gasteiger partial charge < -0.3 is 0 Å². The molecule has 5 nitrogen and oxygen atoms in total. The second kappa shape index (κ2) is 9.83. The van der Waals surface area contributed by atoms with E-state index in [1.807, 2.05) is 29.5 Å². The number of benzene rings is 1. The summed E-state index contributed by atoms with van der Waals surface area (Å²) in [5.41, 5.74) is 2.09. The van der Waals surface area contributed by atoms with E-state index in [1.54, 1.807) is 11.8 Å². The van der Waals surface area contributed by atoms with Crippen LogP contribution in [-0.2, 0) is 17.2 Å². The van der Waals surface area contributed by atoms with Crippen LogP contribution in [0.25, 0.3) is 12.2 Å². The molecular weight excluding hydrogens is 600 g/mol. The van der Waals surface area contributed by atoms with Gasteiger partial charge >= 0.3 is 201 Å². The van der Waals surface area contributed by atoms with E-state index >= 15 is 0 Å². The molecule has 170 valence electrons. The standard InChI is InChI=1S/C22H23ClN2O3S3Te/c1-14(11-20-24(3)22-19(30-20)7-5-15(2)32-22)12-21-25(9-4-10-31(26,27)28)17-13-16(23)6-8-18(17)29-21/h5-8,11-13,15H,4,9-10H2,1-3H3/p+1. The van der Waals surface area contributed by atoms with E-state index in [2.05, 4.69) is 54.7 Å². The van der Waals surface area contributed by atoms with Crippen LogP contribution in [0.5, 0.6) is 0 Å². The minimum atomic E-state index is -3.99. The van der Waals surface area contributed by atoms with Crippen LogP contribution in [-0.4, -0.2) is 46.2 Å². The molecule has 2 aromatic rings. The van der Waals surface area contributed by atoms with Crippen LogP contribution in [0.2, 0.25) is 8.99 Å². The van der Waals surface area contributed by atoms with Gasteiger partial charge in [0.15, 0.2) is 0 Å². The molecule has 2 aliphatic heterocycles. The zero-order chi connectivity index (χ0) is 23.0. The summed E-state index contributed by atoms with van der Waals surface area (Å²) in [5, 5.41) is 2.90. The fourth-order valence-electron chi connectivity index (χ4n) is 3.55. The molecule has 0 radical (unpaired) electrons. The number of thiazole rings is 1. The van der Waals surface area contributed by atoms with Crippen molar-refractivity contribution < 1.29 is 17.5 Å². The molecule has 10 heteroatoms. The first kappa shape index (κ1) is 24.3. The van der Waals surface area contributed by atoms with Gasteiger partial charge in [0.25, 0.3) is 0 Å². The number of halogens is 1. The Hall–Kier alpha value is -0.790. The molecule has 0 bridgehead atoms. The van der Waals surface area contributed by atoms with Crippen molar-refractivity contribution in [2.75, 3.05) is 17.2 Å². The number of fused-ring (bicyclic) bond motifs is 2. The monoisotopic (exact) mass is 625 g/mol. The summed E-state index contributed by atoms with van der Waals surface area (Å²) in [5.74, 6) is -0.266. The summed E-state index contributed by atoms with van der Waals surface area (Å²) in [7, 11) is -1.83. The molecule has 0 saturated carbocycles. The molecule has 3 heterocycles. The first-order valence-corrected chi connectivity index (χ1v) is 16.2. The Labute approximate surface area is 212 Å². The van der Waals surface area contributed by atoms with Gasteiger partial charge in [-0.15, -0.1) is 0 Å². The molecular formula is C22H24ClN2O3S3Te+. The first-order chi connectivity index (χ1) is 15.1. The van der Waals surface area contributed by atoms with Crippen LogP contribution >= 0.6 is 34.7 Å². The summed E-state index contributed by atoms with van der Waals surface area (Å²) in [4.78, 5) is 4.55. The van der Waals surface area contributed by atoms with Crippen molar-refractivity contribution >= 4 is 87.3 Å². The van der Waals surface area contributed by atoms with E-state index < -0.39 is 10.1 Å². The van der Waals surface area contributed by atoms with Gasteiger partial charge in [-0.05, 0) is 0 Å². The molecule has 4 rings (SSSR count). The number of nitrogens with zero attached hydrogens (tertiary/aromatic N) is 2. The van der Waals surface area contributed by atoms with E-state index in [-0.39, 0.29) is 26.7 Å². The normalized spacial score (nSPS) is 19.5. The third kappa shape index (κ3) is 5.64. The molecule has 0 saturated heterocycles. The molecule has 0 amide bonds. The van der Waals surface area contributed by atoms with Crippen LogP contribution in [0, 0.1) is 0 Å². The topological polar surface area (TPSA) is 61.5 Å². The Morgan fingerprint density at radius 3 is 2.94 bits per heavy atom. The first-order valence-electron chi connectivity index (χ1n) is 10.1. The van der Waals surface area contributed by atoms with Crippen molar-refractivity contribution in [3.05, 3.63) is 55.9 Å². The fraction of sp³-hybridized carbons (Fsp3) is 0.318. The number of anilines is 1. The maximum absolute atomic E-state index is 11.2. The second-order valence-electron chi connectivity index (χ2n) is 7.73. The van der Waals surface area contributed by atoms with Crippen LogP contribution in [0.4, 0.5) is 5.69 Å². The molecule has 2 aliphatic rings. The average molecular weight is 624 g/mol.